The molecule has 1 aliphatic rings. The lowest BCUT2D eigenvalue weighted by atomic mass is 10.1. The standard InChI is InChI=1S/C12H17ClN2/c1-2-15-8-7-14-12(15)10-5-3-4-6-11(13)9-10/h7-9,11H,2-6H2,1H3. The van der Waals surface area contributed by atoms with E-state index in [0.29, 0.717) is 0 Å². The molecular formula is C12H17ClN2. The van der Waals surface area contributed by atoms with E-state index in [1.54, 1.807) is 0 Å². The Bertz CT molecular complexity index is 354. The van der Waals surface area contributed by atoms with Gasteiger partial charge in [0.25, 0.3) is 0 Å². The molecule has 1 heterocycles. The first-order chi connectivity index (χ1) is 7.31. The number of hydrogen-bond acceptors (Lipinski definition) is 1. The zero-order valence-corrected chi connectivity index (χ0v) is 9.87. The average molecular weight is 225 g/mol. The Morgan fingerprint density at radius 1 is 1.53 bits per heavy atom. The van der Waals surface area contributed by atoms with Crippen LogP contribution in [0.1, 0.15) is 38.4 Å². The third-order valence-corrected chi connectivity index (χ3v) is 3.25. The molecule has 1 atom stereocenters. The van der Waals surface area contributed by atoms with E-state index in [-0.39, 0.29) is 5.38 Å². The molecule has 3 heteroatoms. The Balaban J connectivity index is 2.28. The van der Waals surface area contributed by atoms with Crippen LogP contribution in [-0.4, -0.2) is 14.9 Å². The van der Waals surface area contributed by atoms with Gasteiger partial charge in [0.2, 0.25) is 0 Å². The molecule has 0 amide bonds. The van der Waals surface area contributed by atoms with Gasteiger partial charge in [0.1, 0.15) is 5.82 Å². The monoisotopic (exact) mass is 224 g/mol. The zero-order chi connectivity index (χ0) is 10.7. The highest BCUT2D eigenvalue weighted by atomic mass is 35.5. The molecule has 0 N–H and O–H groups in total. The fourth-order valence-electron chi connectivity index (χ4n) is 2.08. The van der Waals surface area contributed by atoms with Gasteiger partial charge in [-0.15, -0.1) is 11.6 Å². The van der Waals surface area contributed by atoms with Crippen molar-refractivity contribution in [1.82, 2.24) is 9.55 Å². The maximum atomic E-state index is 6.21. The summed E-state index contributed by atoms with van der Waals surface area (Å²) in [6.07, 6.45) is 10.7. The summed E-state index contributed by atoms with van der Waals surface area (Å²) in [5, 5.41) is 0.185. The number of hydrogen-bond donors (Lipinski definition) is 0. The summed E-state index contributed by atoms with van der Waals surface area (Å²) < 4.78 is 2.18. The minimum absolute atomic E-state index is 0.185. The van der Waals surface area contributed by atoms with Crippen LogP contribution in [0.25, 0.3) is 5.57 Å². The average Bonchev–Trinajstić information content (AvgIpc) is 2.61. The summed E-state index contributed by atoms with van der Waals surface area (Å²) in [7, 11) is 0. The van der Waals surface area contributed by atoms with Crippen molar-refractivity contribution < 1.29 is 0 Å². The van der Waals surface area contributed by atoms with Gasteiger partial charge in [-0.2, -0.15) is 0 Å². The van der Waals surface area contributed by atoms with Crippen LogP contribution in [0.5, 0.6) is 0 Å². The van der Waals surface area contributed by atoms with Gasteiger partial charge < -0.3 is 4.57 Å². The lowest BCUT2D eigenvalue weighted by Crippen LogP contribution is -2.01. The normalized spacial score (nSPS) is 22.3. The molecule has 82 valence electrons. The minimum atomic E-state index is 0.185. The predicted octanol–water partition coefficient (Wildman–Crippen LogP) is 3.47. The number of alkyl halides is 1. The molecule has 1 aromatic rings. The number of aryl methyl sites for hydroxylation is 1. The van der Waals surface area contributed by atoms with Crippen molar-refractivity contribution in [3.63, 3.8) is 0 Å². The number of aromatic nitrogens is 2. The highest BCUT2D eigenvalue weighted by molar-refractivity contribution is 6.22. The van der Waals surface area contributed by atoms with Crippen molar-refractivity contribution in [3.05, 3.63) is 24.3 Å². The molecule has 2 nitrogen and oxygen atoms in total. The van der Waals surface area contributed by atoms with Crippen LogP contribution in [-0.2, 0) is 6.54 Å². The predicted molar refractivity (Wildman–Crippen MR) is 64.0 cm³/mol. The maximum Gasteiger partial charge on any atom is 0.135 e. The fraction of sp³-hybridized carbons (Fsp3) is 0.583. The van der Waals surface area contributed by atoms with Crippen molar-refractivity contribution in [2.75, 3.05) is 0 Å². The highest BCUT2D eigenvalue weighted by Crippen LogP contribution is 2.27. The zero-order valence-electron chi connectivity index (χ0n) is 9.12. The molecule has 1 unspecified atom stereocenters. The molecule has 2 rings (SSSR count). The number of imidazole rings is 1. The molecule has 0 saturated carbocycles. The number of halogens is 1. The molecule has 0 spiro atoms. The van der Waals surface area contributed by atoms with E-state index in [2.05, 4.69) is 22.6 Å². The topological polar surface area (TPSA) is 17.8 Å². The Labute approximate surface area is 96.0 Å². The summed E-state index contributed by atoms with van der Waals surface area (Å²) in [6.45, 7) is 3.11. The summed E-state index contributed by atoms with van der Waals surface area (Å²) in [6, 6.07) is 0. The summed E-state index contributed by atoms with van der Waals surface area (Å²) in [5.41, 5.74) is 1.32. The molecule has 0 bridgehead atoms. The van der Waals surface area contributed by atoms with Gasteiger partial charge in [0, 0.05) is 18.9 Å². The van der Waals surface area contributed by atoms with Crippen molar-refractivity contribution >= 4 is 17.2 Å². The van der Waals surface area contributed by atoms with Crippen LogP contribution >= 0.6 is 11.6 Å². The van der Waals surface area contributed by atoms with Crippen molar-refractivity contribution in [1.29, 1.82) is 0 Å². The second-order valence-corrected chi connectivity index (χ2v) is 4.55. The first-order valence-electron chi connectivity index (χ1n) is 5.67. The van der Waals surface area contributed by atoms with Gasteiger partial charge in [-0.05, 0) is 31.8 Å². The Kier molecular flexibility index (Phi) is 3.47. The second-order valence-electron chi connectivity index (χ2n) is 3.99. The van der Waals surface area contributed by atoms with Crippen molar-refractivity contribution in [2.45, 2.75) is 44.5 Å². The first kappa shape index (κ1) is 10.7. The Hall–Kier alpha value is -0.760. The molecule has 0 saturated heterocycles. The van der Waals surface area contributed by atoms with E-state index in [1.807, 2.05) is 12.4 Å². The SMILES string of the molecule is CCn1ccnc1C1=CC(Cl)CCCC1. The molecule has 0 aromatic carbocycles. The van der Waals surface area contributed by atoms with E-state index in [0.717, 1.165) is 25.2 Å². The highest BCUT2D eigenvalue weighted by Gasteiger charge is 2.14. The molecule has 1 aliphatic carbocycles. The summed E-state index contributed by atoms with van der Waals surface area (Å²) in [4.78, 5) is 4.42. The van der Waals surface area contributed by atoms with E-state index in [1.165, 1.54) is 18.4 Å². The van der Waals surface area contributed by atoms with Crippen LogP contribution in [0.3, 0.4) is 0 Å². The third-order valence-electron chi connectivity index (χ3n) is 2.90. The number of allylic oxidation sites excluding steroid dienone is 2. The second kappa shape index (κ2) is 4.84. The van der Waals surface area contributed by atoms with E-state index < -0.39 is 0 Å². The van der Waals surface area contributed by atoms with Gasteiger partial charge in [-0.25, -0.2) is 4.98 Å². The van der Waals surface area contributed by atoms with Crippen LogP contribution in [0.2, 0.25) is 0 Å². The molecule has 15 heavy (non-hydrogen) atoms. The van der Waals surface area contributed by atoms with E-state index >= 15 is 0 Å². The quantitative estimate of drug-likeness (QED) is 0.704. The fourth-order valence-corrected chi connectivity index (χ4v) is 2.38. The third kappa shape index (κ3) is 2.43. The molecule has 1 aromatic heterocycles. The van der Waals surface area contributed by atoms with Crippen molar-refractivity contribution in [2.24, 2.45) is 0 Å². The van der Waals surface area contributed by atoms with Gasteiger partial charge in [-0.1, -0.05) is 12.5 Å². The largest absolute Gasteiger partial charge is 0.332 e. The van der Waals surface area contributed by atoms with Gasteiger partial charge in [-0.3, -0.25) is 0 Å². The first-order valence-corrected chi connectivity index (χ1v) is 6.11. The Morgan fingerprint density at radius 3 is 3.20 bits per heavy atom. The van der Waals surface area contributed by atoms with Gasteiger partial charge in [0.05, 0.1) is 5.38 Å². The lowest BCUT2D eigenvalue weighted by Gasteiger charge is -2.08. The van der Waals surface area contributed by atoms with E-state index in [4.69, 9.17) is 11.6 Å². The van der Waals surface area contributed by atoms with Crippen LogP contribution in [0.15, 0.2) is 18.5 Å². The van der Waals surface area contributed by atoms with Crippen LogP contribution < -0.4 is 0 Å². The maximum absolute atomic E-state index is 6.21. The molecule has 0 aliphatic heterocycles. The Morgan fingerprint density at radius 2 is 2.40 bits per heavy atom. The van der Waals surface area contributed by atoms with E-state index in [9.17, 15) is 0 Å². The summed E-state index contributed by atoms with van der Waals surface area (Å²) >= 11 is 6.21. The molecule has 0 fully saturated rings. The molecule has 0 radical (unpaired) electrons. The van der Waals surface area contributed by atoms with Crippen LogP contribution in [0.4, 0.5) is 0 Å². The lowest BCUT2D eigenvalue weighted by molar-refractivity contribution is 0.714. The van der Waals surface area contributed by atoms with Crippen molar-refractivity contribution in [3.8, 4) is 0 Å². The smallest absolute Gasteiger partial charge is 0.135 e. The number of nitrogens with zero attached hydrogens (tertiary/aromatic N) is 2. The number of rotatable bonds is 2. The summed E-state index contributed by atoms with van der Waals surface area (Å²) in [5.74, 6) is 1.10. The molecular weight excluding hydrogens is 208 g/mol. The van der Waals surface area contributed by atoms with Gasteiger partial charge in [0.15, 0.2) is 0 Å². The minimum Gasteiger partial charge on any atom is -0.332 e. The van der Waals surface area contributed by atoms with Gasteiger partial charge >= 0.3 is 0 Å². The van der Waals surface area contributed by atoms with Crippen LogP contribution in [0, 0.1) is 0 Å².